The van der Waals surface area contributed by atoms with Crippen LogP contribution in [0.3, 0.4) is 0 Å². The van der Waals surface area contributed by atoms with Crippen molar-refractivity contribution in [3.63, 3.8) is 0 Å². The number of hydrogen-bond donors (Lipinski definition) is 1. The van der Waals surface area contributed by atoms with E-state index in [1.54, 1.807) is 0 Å². The second-order valence-electron chi connectivity index (χ2n) is 8.06. The van der Waals surface area contributed by atoms with Gasteiger partial charge in [0.1, 0.15) is 0 Å². The summed E-state index contributed by atoms with van der Waals surface area (Å²) in [5.41, 5.74) is 3.65. The van der Waals surface area contributed by atoms with Crippen LogP contribution < -0.4 is 5.32 Å². The lowest BCUT2D eigenvalue weighted by molar-refractivity contribution is 0.462. The average molecular weight is 385 g/mol. The van der Waals surface area contributed by atoms with Gasteiger partial charge in [-0.25, -0.2) is 0 Å². The maximum absolute atomic E-state index is 4.97. The van der Waals surface area contributed by atoms with Crippen LogP contribution in [0.25, 0.3) is 0 Å². The normalized spacial score (nSPS) is 13.2. The molecule has 2 aromatic rings. The van der Waals surface area contributed by atoms with Crippen LogP contribution in [-0.2, 0) is 13.6 Å². The zero-order valence-corrected chi connectivity index (χ0v) is 18.5. The van der Waals surface area contributed by atoms with Crippen LogP contribution in [0.4, 0.5) is 0 Å². The van der Waals surface area contributed by atoms with Crippen LogP contribution >= 0.6 is 0 Å². The van der Waals surface area contributed by atoms with Gasteiger partial charge in [-0.1, -0.05) is 33.8 Å². The van der Waals surface area contributed by atoms with Gasteiger partial charge in [0.2, 0.25) is 0 Å². The van der Waals surface area contributed by atoms with Crippen molar-refractivity contribution in [3.05, 3.63) is 47.5 Å². The minimum atomic E-state index is 0.348. The van der Waals surface area contributed by atoms with Gasteiger partial charge in [0.25, 0.3) is 0 Å². The molecule has 0 aromatic carbocycles. The fraction of sp³-hybridized carbons (Fsp3) is 0.591. The average Bonchev–Trinajstić information content (AvgIpc) is 3.02. The Hall–Kier alpha value is -2.37. The lowest BCUT2D eigenvalue weighted by atomic mass is 9.89. The first-order chi connectivity index (χ1) is 13.3. The number of rotatable bonds is 8. The molecule has 28 heavy (non-hydrogen) atoms. The quantitative estimate of drug-likeness (QED) is 0.556. The minimum Gasteiger partial charge on any atom is -0.357 e. The van der Waals surface area contributed by atoms with Crippen molar-refractivity contribution < 1.29 is 0 Å². The smallest absolute Gasteiger partial charge is 0.193 e. The molecule has 2 rings (SSSR count). The molecule has 1 N–H and O–H groups in total. The summed E-state index contributed by atoms with van der Waals surface area (Å²) in [7, 11) is 4.07. The molecular weight excluding hydrogens is 348 g/mol. The number of pyridine rings is 1. The van der Waals surface area contributed by atoms with E-state index in [1.807, 2.05) is 30.2 Å². The molecule has 0 spiro atoms. The van der Waals surface area contributed by atoms with Crippen LogP contribution in [0, 0.1) is 5.92 Å². The summed E-state index contributed by atoms with van der Waals surface area (Å²) in [5.74, 6) is 2.17. The van der Waals surface area contributed by atoms with E-state index in [0.29, 0.717) is 17.8 Å². The Balaban J connectivity index is 2.18. The highest BCUT2D eigenvalue weighted by molar-refractivity contribution is 5.79. The standard InChI is InChI=1S/C22H36N6/c1-8-24-22(25-13-20(16(2)3)18-10-9-11-23-12-18)27(6)14-19-15-28(7)26-21(19)17(4)5/h9-12,15-17,20H,8,13-14H2,1-7H3,(H,24,25). The molecule has 0 saturated heterocycles. The Morgan fingerprint density at radius 3 is 2.61 bits per heavy atom. The van der Waals surface area contributed by atoms with E-state index in [1.165, 1.54) is 11.1 Å². The van der Waals surface area contributed by atoms with E-state index < -0.39 is 0 Å². The van der Waals surface area contributed by atoms with Crippen molar-refractivity contribution in [1.29, 1.82) is 0 Å². The van der Waals surface area contributed by atoms with Crippen molar-refractivity contribution in [2.24, 2.45) is 18.0 Å². The van der Waals surface area contributed by atoms with E-state index in [2.05, 4.69) is 74.2 Å². The summed E-state index contributed by atoms with van der Waals surface area (Å²) in [6.45, 7) is 13.3. The van der Waals surface area contributed by atoms with Crippen LogP contribution in [0.1, 0.15) is 63.3 Å². The number of aliphatic imine (C=N–C) groups is 1. The van der Waals surface area contributed by atoms with Gasteiger partial charge >= 0.3 is 0 Å². The van der Waals surface area contributed by atoms with Crippen LogP contribution in [0.15, 0.2) is 35.7 Å². The highest BCUT2D eigenvalue weighted by Crippen LogP contribution is 2.24. The monoisotopic (exact) mass is 384 g/mol. The zero-order chi connectivity index (χ0) is 20.7. The first-order valence-electron chi connectivity index (χ1n) is 10.2. The van der Waals surface area contributed by atoms with Gasteiger partial charge in [-0.2, -0.15) is 5.10 Å². The molecule has 1 unspecified atom stereocenters. The lowest BCUT2D eigenvalue weighted by Gasteiger charge is -2.24. The molecule has 1 atom stereocenters. The molecule has 0 bridgehead atoms. The first-order valence-corrected chi connectivity index (χ1v) is 10.2. The highest BCUT2D eigenvalue weighted by Gasteiger charge is 2.18. The van der Waals surface area contributed by atoms with E-state index in [4.69, 9.17) is 4.99 Å². The molecule has 2 aromatic heterocycles. The molecule has 0 amide bonds. The predicted molar refractivity (Wildman–Crippen MR) is 117 cm³/mol. The fourth-order valence-corrected chi connectivity index (χ4v) is 3.44. The van der Waals surface area contributed by atoms with E-state index >= 15 is 0 Å². The number of nitrogens with zero attached hydrogens (tertiary/aromatic N) is 5. The Labute approximate surface area is 170 Å². The number of guanidine groups is 1. The van der Waals surface area contributed by atoms with Crippen molar-refractivity contribution in [2.75, 3.05) is 20.1 Å². The molecular formula is C22H36N6. The van der Waals surface area contributed by atoms with Crippen LogP contribution in [-0.4, -0.2) is 45.8 Å². The highest BCUT2D eigenvalue weighted by atomic mass is 15.3. The summed E-state index contributed by atoms with van der Waals surface area (Å²) in [5, 5.41) is 8.07. The molecule has 0 aliphatic heterocycles. The summed E-state index contributed by atoms with van der Waals surface area (Å²) in [4.78, 5) is 11.4. The van der Waals surface area contributed by atoms with Crippen molar-refractivity contribution in [2.45, 2.75) is 53.0 Å². The molecule has 0 radical (unpaired) electrons. The van der Waals surface area contributed by atoms with Crippen molar-refractivity contribution in [3.8, 4) is 0 Å². The first kappa shape index (κ1) is 21.9. The Bertz CT molecular complexity index is 748. The van der Waals surface area contributed by atoms with Crippen molar-refractivity contribution in [1.82, 2.24) is 25.0 Å². The minimum absolute atomic E-state index is 0.348. The van der Waals surface area contributed by atoms with E-state index in [9.17, 15) is 0 Å². The Kier molecular flexibility index (Phi) is 8.03. The summed E-state index contributed by atoms with van der Waals surface area (Å²) < 4.78 is 1.90. The predicted octanol–water partition coefficient (Wildman–Crippen LogP) is 3.78. The van der Waals surface area contributed by atoms with Gasteiger partial charge in [0, 0.05) is 63.8 Å². The zero-order valence-electron chi connectivity index (χ0n) is 18.5. The second kappa shape index (κ2) is 10.2. The molecule has 2 heterocycles. The van der Waals surface area contributed by atoms with Gasteiger partial charge in [-0.3, -0.25) is 14.7 Å². The summed E-state index contributed by atoms with van der Waals surface area (Å²) >= 11 is 0. The van der Waals surface area contributed by atoms with Gasteiger partial charge < -0.3 is 10.2 Å². The maximum Gasteiger partial charge on any atom is 0.193 e. The molecule has 6 heteroatoms. The molecule has 0 aliphatic carbocycles. The largest absolute Gasteiger partial charge is 0.357 e. The van der Waals surface area contributed by atoms with Crippen LogP contribution in [0.2, 0.25) is 0 Å². The number of nitrogens with one attached hydrogen (secondary N) is 1. The van der Waals surface area contributed by atoms with Crippen LogP contribution in [0.5, 0.6) is 0 Å². The number of aromatic nitrogens is 3. The number of aryl methyl sites for hydroxylation is 1. The van der Waals surface area contributed by atoms with Gasteiger partial charge in [-0.15, -0.1) is 0 Å². The third-order valence-electron chi connectivity index (χ3n) is 4.94. The fourth-order valence-electron chi connectivity index (χ4n) is 3.44. The molecule has 6 nitrogen and oxygen atoms in total. The molecule has 0 fully saturated rings. The molecule has 0 aliphatic rings. The van der Waals surface area contributed by atoms with E-state index in [-0.39, 0.29) is 0 Å². The third-order valence-corrected chi connectivity index (χ3v) is 4.94. The van der Waals surface area contributed by atoms with Gasteiger partial charge in [0.15, 0.2) is 5.96 Å². The van der Waals surface area contributed by atoms with E-state index in [0.717, 1.165) is 31.3 Å². The summed E-state index contributed by atoms with van der Waals surface area (Å²) in [6.07, 6.45) is 5.89. The van der Waals surface area contributed by atoms with Gasteiger partial charge in [0.05, 0.1) is 5.69 Å². The van der Waals surface area contributed by atoms with Crippen molar-refractivity contribution >= 4 is 5.96 Å². The molecule has 154 valence electrons. The Morgan fingerprint density at radius 1 is 1.29 bits per heavy atom. The lowest BCUT2D eigenvalue weighted by Crippen LogP contribution is -2.39. The maximum atomic E-state index is 4.97. The SMILES string of the molecule is CCNC(=NCC(c1cccnc1)C(C)C)N(C)Cc1cn(C)nc1C(C)C. The topological polar surface area (TPSA) is 58.3 Å². The Morgan fingerprint density at radius 2 is 2.04 bits per heavy atom. The molecule has 0 saturated carbocycles. The number of hydrogen-bond acceptors (Lipinski definition) is 3. The third kappa shape index (κ3) is 5.81. The van der Waals surface area contributed by atoms with Gasteiger partial charge in [-0.05, 0) is 30.4 Å². The summed E-state index contributed by atoms with van der Waals surface area (Å²) in [6, 6.07) is 4.15. The second-order valence-corrected chi connectivity index (χ2v) is 8.06.